The Bertz CT molecular complexity index is 186. The molecule has 12 heavy (non-hydrogen) atoms. The highest BCUT2D eigenvalue weighted by Gasteiger charge is 2.42. The largest absolute Gasteiger partial charge is 0.436 e. The third-order valence-electron chi connectivity index (χ3n) is 1.97. The number of alkyl carbamates (subject to hydrolysis) is 1. The van der Waals surface area contributed by atoms with Gasteiger partial charge in [0.1, 0.15) is 0 Å². The van der Waals surface area contributed by atoms with Gasteiger partial charge in [0.25, 0.3) is 0 Å². The molecular weight excluding hydrogens is 162 g/mol. The van der Waals surface area contributed by atoms with Crippen LogP contribution in [0.25, 0.3) is 0 Å². The summed E-state index contributed by atoms with van der Waals surface area (Å²) >= 11 is 0. The van der Waals surface area contributed by atoms with Crippen molar-refractivity contribution in [3.8, 4) is 0 Å². The summed E-state index contributed by atoms with van der Waals surface area (Å²) in [4.78, 5) is 10.8. The third kappa shape index (κ3) is 1.37. The van der Waals surface area contributed by atoms with Gasteiger partial charge in [-0.25, -0.2) is 4.79 Å². The standard InChI is InChI=1S/C7H11NO4/c9-6-8-3-7(12-6)4-10-1-2-11-5-7/h1-5H2,(H,8,9). The van der Waals surface area contributed by atoms with Crippen LogP contribution in [0.15, 0.2) is 0 Å². The lowest BCUT2D eigenvalue weighted by atomic mass is 10.1. The second-order valence-electron chi connectivity index (χ2n) is 3.03. The van der Waals surface area contributed by atoms with E-state index < -0.39 is 5.60 Å². The van der Waals surface area contributed by atoms with Crippen LogP contribution in [0.4, 0.5) is 4.79 Å². The second kappa shape index (κ2) is 2.91. The molecule has 1 amide bonds. The van der Waals surface area contributed by atoms with Crippen LogP contribution >= 0.6 is 0 Å². The molecule has 0 bridgehead atoms. The van der Waals surface area contributed by atoms with E-state index in [1.54, 1.807) is 0 Å². The van der Waals surface area contributed by atoms with E-state index in [0.717, 1.165) is 0 Å². The van der Waals surface area contributed by atoms with E-state index in [1.165, 1.54) is 0 Å². The van der Waals surface area contributed by atoms with Crippen molar-refractivity contribution in [3.63, 3.8) is 0 Å². The molecule has 0 aromatic heterocycles. The van der Waals surface area contributed by atoms with Crippen molar-refractivity contribution in [3.05, 3.63) is 0 Å². The smallest absolute Gasteiger partial charge is 0.408 e. The lowest BCUT2D eigenvalue weighted by Crippen LogP contribution is -2.41. The van der Waals surface area contributed by atoms with Crippen LogP contribution in [0.5, 0.6) is 0 Å². The monoisotopic (exact) mass is 173 g/mol. The van der Waals surface area contributed by atoms with E-state index in [2.05, 4.69) is 5.32 Å². The molecule has 1 spiro atoms. The summed E-state index contributed by atoms with van der Waals surface area (Å²) in [6.07, 6.45) is -0.385. The van der Waals surface area contributed by atoms with Gasteiger partial charge in [-0.3, -0.25) is 0 Å². The number of carbonyl (C=O) groups is 1. The van der Waals surface area contributed by atoms with Gasteiger partial charge in [-0.2, -0.15) is 0 Å². The summed E-state index contributed by atoms with van der Waals surface area (Å²) in [5.41, 5.74) is -0.576. The molecule has 2 heterocycles. The van der Waals surface area contributed by atoms with Gasteiger partial charge in [-0.05, 0) is 0 Å². The lowest BCUT2D eigenvalue weighted by molar-refractivity contribution is -0.0320. The molecule has 0 aromatic rings. The molecule has 68 valence electrons. The topological polar surface area (TPSA) is 56.8 Å². The minimum Gasteiger partial charge on any atom is -0.436 e. The van der Waals surface area contributed by atoms with Crippen LogP contribution in [0.2, 0.25) is 0 Å². The second-order valence-corrected chi connectivity index (χ2v) is 3.03. The van der Waals surface area contributed by atoms with Gasteiger partial charge in [0.05, 0.1) is 33.0 Å². The summed E-state index contributed by atoms with van der Waals surface area (Å²) in [5, 5.41) is 2.59. The Morgan fingerprint density at radius 3 is 2.42 bits per heavy atom. The Kier molecular flexibility index (Phi) is 1.90. The van der Waals surface area contributed by atoms with E-state index in [1.807, 2.05) is 0 Å². The van der Waals surface area contributed by atoms with E-state index in [-0.39, 0.29) is 6.09 Å². The first-order valence-corrected chi connectivity index (χ1v) is 3.93. The van der Waals surface area contributed by atoms with Crippen molar-refractivity contribution in [2.75, 3.05) is 33.0 Å². The fourth-order valence-corrected chi connectivity index (χ4v) is 1.34. The fourth-order valence-electron chi connectivity index (χ4n) is 1.34. The molecule has 0 atom stereocenters. The summed E-state index contributed by atoms with van der Waals surface area (Å²) in [6, 6.07) is 0. The van der Waals surface area contributed by atoms with Crippen LogP contribution in [0.3, 0.4) is 0 Å². The zero-order valence-corrected chi connectivity index (χ0v) is 6.67. The Morgan fingerprint density at radius 1 is 1.25 bits per heavy atom. The minimum absolute atomic E-state index is 0.385. The Morgan fingerprint density at radius 2 is 1.92 bits per heavy atom. The highest BCUT2D eigenvalue weighted by atomic mass is 16.6. The number of ether oxygens (including phenoxy) is 3. The van der Waals surface area contributed by atoms with Crippen molar-refractivity contribution in [1.82, 2.24) is 5.32 Å². The number of amides is 1. The Balaban J connectivity index is 2.03. The van der Waals surface area contributed by atoms with Gasteiger partial charge >= 0.3 is 6.09 Å². The summed E-state index contributed by atoms with van der Waals surface area (Å²) < 4.78 is 15.5. The molecule has 0 radical (unpaired) electrons. The molecule has 1 N–H and O–H groups in total. The van der Waals surface area contributed by atoms with Crippen molar-refractivity contribution in [2.45, 2.75) is 5.60 Å². The third-order valence-corrected chi connectivity index (χ3v) is 1.97. The SMILES string of the molecule is O=C1NCC2(COCCOC2)O1. The average Bonchev–Trinajstić information content (AvgIpc) is 2.30. The maximum Gasteiger partial charge on any atom is 0.408 e. The maximum atomic E-state index is 10.8. The van der Waals surface area contributed by atoms with Crippen LogP contribution in [0.1, 0.15) is 0 Å². The zero-order chi connectivity index (χ0) is 8.44. The first-order chi connectivity index (χ1) is 5.81. The molecule has 2 saturated heterocycles. The van der Waals surface area contributed by atoms with Crippen LogP contribution in [-0.4, -0.2) is 44.7 Å². The number of hydrogen-bond acceptors (Lipinski definition) is 4. The number of rotatable bonds is 0. The number of hydrogen-bond donors (Lipinski definition) is 1. The molecule has 0 aromatic carbocycles. The van der Waals surface area contributed by atoms with Gasteiger partial charge in [-0.1, -0.05) is 0 Å². The number of nitrogens with one attached hydrogen (secondary N) is 1. The van der Waals surface area contributed by atoms with Gasteiger partial charge < -0.3 is 19.5 Å². The molecule has 2 rings (SSSR count). The lowest BCUT2D eigenvalue weighted by Gasteiger charge is -2.22. The predicted octanol–water partition coefficient (Wildman–Crippen LogP) is -0.488. The Labute approximate surface area is 70.0 Å². The highest BCUT2D eigenvalue weighted by molar-refractivity contribution is 5.70. The first-order valence-electron chi connectivity index (χ1n) is 3.93. The Hall–Kier alpha value is -0.810. The molecule has 2 aliphatic heterocycles. The molecule has 5 heteroatoms. The van der Waals surface area contributed by atoms with Crippen molar-refractivity contribution >= 4 is 6.09 Å². The summed E-state index contributed by atoms with van der Waals surface area (Å²) in [5.74, 6) is 0. The quantitative estimate of drug-likeness (QED) is 0.537. The molecule has 2 aliphatic rings. The van der Waals surface area contributed by atoms with Gasteiger partial charge in [0, 0.05) is 0 Å². The maximum absolute atomic E-state index is 10.8. The summed E-state index contributed by atoms with van der Waals surface area (Å²) in [7, 11) is 0. The van der Waals surface area contributed by atoms with Crippen LogP contribution in [0, 0.1) is 0 Å². The molecule has 0 saturated carbocycles. The first kappa shape index (κ1) is 7.82. The van der Waals surface area contributed by atoms with Gasteiger partial charge in [0.2, 0.25) is 0 Å². The highest BCUT2D eigenvalue weighted by Crippen LogP contribution is 2.19. The van der Waals surface area contributed by atoms with Gasteiger partial charge in [-0.15, -0.1) is 0 Å². The molecule has 0 unspecified atom stereocenters. The number of carbonyl (C=O) groups excluding carboxylic acids is 1. The van der Waals surface area contributed by atoms with Crippen molar-refractivity contribution < 1.29 is 19.0 Å². The van der Waals surface area contributed by atoms with Crippen molar-refractivity contribution in [1.29, 1.82) is 0 Å². The van der Waals surface area contributed by atoms with Crippen LogP contribution < -0.4 is 5.32 Å². The molecule has 0 aliphatic carbocycles. The van der Waals surface area contributed by atoms with E-state index in [9.17, 15) is 4.79 Å². The summed E-state index contributed by atoms with van der Waals surface area (Å²) in [6.45, 7) is 2.46. The van der Waals surface area contributed by atoms with E-state index in [4.69, 9.17) is 14.2 Å². The molecular formula is C7H11NO4. The molecule has 5 nitrogen and oxygen atoms in total. The van der Waals surface area contributed by atoms with Crippen LogP contribution in [-0.2, 0) is 14.2 Å². The normalized spacial score (nSPS) is 27.8. The zero-order valence-electron chi connectivity index (χ0n) is 6.67. The fraction of sp³-hybridized carbons (Fsp3) is 0.857. The minimum atomic E-state index is -0.576. The van der Waals surface area contributed by atoms with Gasteiger partial charge in [0.15, 0.2) is 5.60 Å². The predicted molar refractivity (Wildman–Crippen MR) is 38.9 cm³/mol. The van der Waals surface area contributed by atoms with E-state index in [0.29, 0.717) is 33.0 Å². The molecule has 2 fully saturated rings. The average molecular weight is 173 g/mol. The van der Waals surface area contributed by atoms with Crippen molar-refractivity contribution in [2.24, 2.45) is 0 Å². The van der Waals surface area contributed by atoms with E-state index >= 15 is 0 Å².